The average Bonchev–Trinajstić information content (AvgIpc) is 2.85. The molecule has 3 heteroatoms. The van der Waals surface area contributed by atoms with Gasteiger partial charge in [-0.05, 0) is 17.4 Å². The maximum absolute atomic E-state index is 12.5. The Balaban J connectivity index is 2.00. The van der Waals surface area contributed by atoms with Gasteiger partial charge in [-0.15, -0.1) is 0 Å². The third-order valence-corrected chi connectivity index (χ3v) is 4.58. The molecule has 3 nitrogen and oxygen atoms in total. The number of carbonyl (C=O) groups is 1. The highest BCUT2D eigenvalue weighted by molar-refractivity contribution is 6.03. The van der Waals surface area contributed by atoms with Gasteiger partial charge < -0.3 is 10.0 Å². The van der Waals surface area contributed by atoms with E-state index in [2.05, 4.69) is 13.8 Å². The van der Waals surface area contributed by atoms with Gasteiger partial charge in [-0.1, -0.05) is 51.0 Å². The van der Waals surface area contributed by atoms with Crippen LogP contribution in [0.2, 0.25) is 0 Å². The summed E-state index contributed by atoms with van der Waals surface area (Å²) >= 11 is 0. The quantitative estimate of drug-likeness (QED) is 0.839. The van der Waals surface area contributed by atoms with Crippen LogP contribution in [0, 0.1) is 0 Å². The maximum Gasteiger partial charge on any atom is 0.227 e. The van der Waals surface area contributed by atoms with Gasteiger partial charge in [-0.3, -0.25) is 4.79 Å². The van der Waals surface area contributed by atoms with Gasteiger partial charge in [-0.2, -0.15) is 0 Å². The van der Waals surface area contributed by atoms with E-state index in [1.54, 1.807) is 6.07 Å². The Kier molecular flexibility index (Phi) is 4.06. The van der Waals surface area contributed by atoms with E-state index >= 15 is 0 Å². The van der Waals surface area contributed by atoms with Gasteiger partial charge in [0, 0.05) is 30.3 Å². The molecule has 0 saturated heterocycles. The first kappa shape index (κ1) is 14.9. The van der Waals surface area contributed by atoms with Crippen LogP contribution in [0.1, 0.15) is 51.0 Å². The van der Waals surface area contributed by atoms with Crippen LogP contribution in [-0.2, 0) is 4.79 Å². The molecule has 0 bridgehead atoms. The molecule has 116 valence electrons. The predicted octanol–water partition coefficient (Wildman–Crippen LogP) is 4.58. The largest absolute Gasteiger partial charge is 0.507 e. The molecule has 2 aromatic carbocycles. The molecule has 2 aromatic rings. The van der Waals surface area contributed by atoms with E-state index in [0.717, 1.165) is 35.7 Å². The minimum Gasteiger partial charge on any atom is -0.507 e. The van der Waals surface area contributed by atoms with Gasteiger partial charge >= 0.3 is 0 Å². The molecular weight excluding hydrogens is 274 g/mol. The fraction of sp³-hybridized carbons (Fsp3) is 0.421. The lowest BCUT2D eigenvalue weighted by Crippen LogP contribution is -2.29. The number of phenolic OH excluding ortho intramolecular Hbond substituents is 1. The number of carbonyl (C=O) groups excluding carboxylic acids is 1. The number of anilines is 1. The van der Waals surface area contributed by atoms with Crippen molar-refractivity contribution in [1.29, 1.82) is 0 Å². The molecule has 0 aliphatic carbocycles. The van der Waals surface area contributed by atoms with Gasteiger partial charge in [0.1, 0.15) is 5.75 Å². The van der Waals surface area contributed by atoms with Crippen LogP contribution in [0.5, 0.6) is 5.75 Å². The third-order valence-electron chi connectivity index (χ3n) is 4.58. The molecule has 1 N–H and O–H groups in total. The lowest BCUT2D eigenvalue weighted by Gasteiger charge is -2.18. The van der Waals surface area contributed by atoms with Crippen molar-refractivity contribution in [3.63, 3.8) is 0 Å². The van der Waals surface area contributed by atoms with Crippen molar-refractivity contribution < 1.29 is 9.90 Å². The molecule has 1 atom stereocenters. The summed E-state index contributed by atoms with van der Waals surface area (Å²) in [7, 11) is 0. The normalized spacial score (nSPS) is 17.0. The Hall–Kier alpha value is -2.03. The molecule has 22 heavy (non-hydrogen) atoms. The number of benzene rings is 2. The second kappa shape index (κ2) is 5.99. The number of aromatic hydroxyl groups is 1. The lowest BCUT2D eigenvalue weighted by molar-refractivity contribution is -0.118. The number of fused-ring (bicyclic) bond motifs is 3. The Morgan fingerprint density at radius 3 is 2.73 bits per heavy atom. The lowest BCUT2D eigenvalue weighted by atomic mass is 9.95. The van der Waals surface area contributed by atoms with Crippen molar-refractivity contribution >= 4 is 22.4 Å². The van der Waals surface area contributed by atoms with Crippen LogP contribution >= 0.6 is 0 Å². The van der Waals surface area contributed by atoms with Crippen molar-refractivity contribution in [1.82, 2.24) is 0 Å². The highest BCUT2D eigenvalue weighted by atomic mass is 16.3. The first-order chi connectivity index (χ1) is 10.6. The topological polar surface area (TPSA) is 40.5 Å². The van der Waals surface area contributed by atoms with Crippen molar-refractivity contribution in [2.45, 2.75) is 45.4 Å². The second-order valence-electron chi connectivity index (χ2n) is 6.24. The number of nitrogens with zero attached hydrogens (tertiary/aromatic N) is 1. The SMILES string of the molecule is CCCCCC(=O)N1C[C@@H](C)c2c1cc(O)c1ccccc21. The first-order valence-electron chi connectivity index (χ1n) is 8.18. The summed E-state index contributed by atoms with van der Waals surface area (Å²) in [6, 6.07) is 9.65. The highest BCUT2D eigenvalue weighted by Crippen LogP contribution is 2.44. The van der Waals surface area contributed by atoms with Gasteiger partial charge in [0.05, 0.1) is 5.69 Å². The zero-order valence-electron chi connectivity index (χ0n) is 13.3. The summed E-state index contributed by atoms with van der Waals surface area (Å²) in [6.07, 6.45) is 3.74. The highest BCUT2D eigenvalue weighted by Gasteiger charge is 2.31. The van der Waals surface area contributed by atoms with Crippen LogP contribution < -0.4 is 4.90 Å². The molecule has 0 saturated carbocycles. The van der Waals surface area contributed by atoms with Crippen LogP contribution in [0.4, 0.5) is 5.69 Å². The summed E-state index contributed by atoms with van der Waals surface area (Å²) in [5.74, 6) is 0.735. The average molecular weight is 297 g/mol. The number of hydrogen-bond donors (Lipinski definition) is 1. The van der Waals surface area contributed by atoms with E-state index in [4.69, 9.17) is 0 Å². The van der Waals surface area contributed by atoms with Crippen LogP contribution in [0.15, 0.2) is 30.3 Å². The zero-order valence-corrected chi connectivity index (χ0v) is 13.3. The number of unbranched alkanes of at least 4 members (excludes halogenated alkanes) is 2. The maximum atomic E-state index is 12.5. The number of rotatable bonds is 4. The monoisotopic (exact) mass is 297 g/mol. The van der Waals surface area contributed by atoms with Crippen LogP contribution in [0.3, 0.4) is 0 Å². The summed E-state index contributed by atoms with van der Waals surface area (Å²) in [4.78, 5) is 14.4. The van der Waals surface area contributed by atoms with Gasteiger partial charge in [-0.25, -0.2) is 0 Å². The van der Waals surface area contributed by atoms with Crippen LogP contribution in [0.25, 0.3) is 10.8 Å². The molecule has 1 aliphatic heterocycles. The first-order valence-corrected chi connectivity index (χ1v) is 8.18. The van der Waals surface area contributed by atoms with Gasteiger partial charge in [0.25, 0.3) is 0 Å². The number of phenols is 1. The van der Waals surface area contributed by atoms with Crippen molar-refractivity contribution in [2.75, 3.05) is 11.4 Å². The molecule has 0 spiro atoms. The number of hydrogen-bond acceptors (Lipinski definition) is 2. The fourth-order valence-corrected chi connectivity index (χ4v) is 3.47. The summed E-state index contributed by atoms with van der Waals surface area (Å²) in [5, 5.41) is 12.2. The van der Waals surface area contributed by atoms with Crippen molar-refractivity contribution in [2.24, 2.45) is 0 Å². The Labute approximate surface area is 131 Å². The molecular formula is C19H23NO2. The van der Waals surface area contributed by atoms with E-state index in [-0.39, 0.29) is 11.7 Å². The second-order valence-corrected chi connectivity index (χ2v) is 6.24. The predicted molar refractivity (Wildman–Crippen MR) is 90.5 cm³/mol. The van der Waals surface area contributed by atoms with E-state index in [0.29, 0.717) is 18.9 Å². The van der Waals surface area contributed by atoms with E-state index in [1.165, 1.54) is 5.56 Å². The van der Waals surface area contributed by atoms with E-state index < -0.39 is 0 Å². The molecule has 0 aromatic heterocycles. The third kappa shape index (κ3) is 2.45. The molecule has 0 fully saturated rings. The zero-order chi connectivity index (χ0) is 15.7. The summed E-state index contributed by atoms with van der Waals surface area (Å²) in [6.45, 7) is 5.01. The summed E-state index contributed by atoms with van der Waals surface area (Å²) < 4.78 is 0. The van der Waals surface area contributed by atoms with Gasteiger partial charge in [0.2, 0.25) is 5.91 Å². The Morgan fingerprint density at radius 1 is 1.27 bits per heavy atom. The van der Waals surface area contributed by atoms with Gasteiger partial charge in [0.15, 0.2) is 0 Å². The van der Waals surface area contributed by atoms with Crippen LogP contribution in [-0.4, -0.2) is 17.6 Å². The van der Waals surface area contributed by atoms with Crippen molar-refractivity contribution in [3.05, 3.63) is 35.9 Å². The smallest absolute Gasteiger partial charge is 0.227 e. The Morgan fingerprint density at radius 2 is 2.00 bits per heavy atom. The molecule has 3 rings (SSSR count). The molecule has 1 heterocycles. The number of amides is 1. The molecule has 0 unspecified atom stereocenters. The minimum absolute atomic E-state index is 0.175. The van der Waals surface area contributed by atoms with Crippen molar-refractivity contribution in [3.8, 4) is 5.75 Å². The molecule has 1 aliphatic rings. The Bertz CT molecular complexity index is 708. The fourth-order valence-electron chi connectivity index (χ4n) is 3.47. The standard InChI is InChI=1S/C19H23NO2/c1-3-4-5-10-18(22)20-12-13(2)19-15-9-7-6-8-14(15)17(21)11-16(19)20/h6-9,11,13,21H,3-5,10,12H2,1-2H3/t13-/m1/s1. The van der Waals surface area contributed by atoms with E-state index in [9.17, 15) is 9.90 Å². The minimum atomic E-state index is 0.175. The molecule has 1 amide bonds. The summed E-state index contributed by atoms with van der Waals surface area (Å²) in [5.41, 5.74) is 2.09. The molecule has 0 radical (unpaired) electrons. The van der Waals surface area contributed by atoms with E-state index in [1.807, 2.05) is 29.2 Å².